The van der Waals surface area contributed by atoms with Crippen molar-refractivity contribution in [3.63, 3.8) is 0 Å². The highest BCUT2D eigenvalue weighted by atomic mass is 32.1. The van der Waals surface area contributed by atoms with Crippen LogP contribution in [0, 0.1) is 0 Å². The number of nitrogens with two attached hydrogens (primary N) is 1. The van der Waals surface area contributed by atoms with E-state index in [1.165, 1.54) is 6.07 Å². The summed E-state index contributed by atoms with van der Waals surface area (Å²) in [5, 5.41) is 11.1. The second-order valence-electron chi connectivity index (χ2n) is 2.36. The van der Waals surface area contributed by atoms with Crippen LogP contribution in [0.15, 0.2) is 16.0 Å². The Bertz CT molecular complexity index is 437. The lowest BCUT2D eigenvalue weighted by molar-refractivity contribution is 0.101. The minimum atomic E-state index is -0.432. The second-order valence-corrected chi connectivity index (χ2v) is 2.97. The van der Waals surface area contributed by atoms with Gasteiger partial charge >= 0.3 is 0 Å². The van der Waals surface area contributed by atoms with Gasteiger partial charge in [0, 0.05) is 6.07 Å². The van der Waals surface area contributed by atoms with Crippen LogP contribution in [0.1, 0.15) is 10.5 Å². The Balaban J connectivity index is 2.10. The van der Waals surface area contributed by atoms with Gasteiger partial charge in [-0.05, 0) is 11.5 Å². The van der Waals surface area contributed by atoms with Gasteiger partial charge in [-0.3, -0.25) is 4.79 Å². The van der Waals surface area contributed by atoms with Crippen LogP contribution in [0.25, 0.3) is 0 Å². The number of carbonyl (C=O) groups is 1. The maximum atomic E-state index is 11.4. The molecule has 0 radical (unpaired) electrons. The molecule has 0 bridgehead atoms. The summed E-state index contributed by atoms with van der Waals surface area (Å²) in [6.45, 7) is 0. The minimum Gasteiger partial charge on any atom is -0.368 e. The molecule has 0 spiro atoms. The molecule has 72 valence electrons. The van der Waals surface area contributed by atoms with Crippen LogP contribution in [0.5, 0.6) is 0 Å². The Hall–Kier alpha value is -1.96. The first-order valence-corrected chi connectivity index (χ1v) is 4.40. The first kappa shape index (κ1) is 8.63. The highest BCUT2D eigenvalue weighted by molar-refractivity contribution is 7.03. The van der Waals surface area contributed by atoms with Crippen molar-refractivity contribution in [1.82, 2.24) is 14.7 Å². The highest BCUT2D eigenvalue weighted by Gasteiger charge is 2.12. The first-order valence-electron chi connectivity index (χ1n) is 3.56. The summed E-state index contributed by atoms with van der Waals surface area (Å²) in [7, 11) is 0. The van der Waals surface area contributed by atoms with E-state index in [1.807, 2.05) is 0 Å². The van der Waals surface area contributed by atoms with E-state index in [2.05, 4.69) is 24.6 Å². The van der Waals surface area contributed by atoms with Gasteiger partial charge in [-0.25, -0.2) is 0 Å². The molecule has 2 heterocycles. The Morgan fingerprint density at radius 1 is 1.64 bits per heavy atom. The van der Waals surface area contributed by atoms with E-state index in [4.69, 9.17) is 5.73 Å². The summed E-state index contributed by atoms with van der Waals surface area (Å²) >= 11 is 1.14. The van der Waals surface area contributed by atoms with Gasteiger partial charge in [-0.15, -0.1) is 5.10 Å². The van der Waals surface area contributed by atoms with Crippen LogP contribution in [-0.4, -0.2) is 20.7 Å². The maximum absolute atomic E-state index is 11.4. The van der Waals surface area contributed by atoms with Crippen LogP contribution in [0.2, 0.25) is 0 Å². The molecule has 0 unspecified atom stereocenters. The quantitative estimate of drug-likeness (QED) is 0.742. The standard InChI is InChI=1S/C6H5N5O2S/c7-4-1-3(10-13-4)6(12)8-5-2-14-11-9-5/h1-2H,7H2,(H,8,12). The third-order valence-corrected chi connectivity index (χ3v) is 1.87. The molecule has 7 nitrogen and oxygen atoms in total. The Morgan fingerprint density at radius 2 is 2.50 bits per heavy atom. The lowest BCUT2D eigenvalue weighted by atomic mass is 10.4. The van der Waals surface area contributed by atoms with Crippen molar-refractivity contribution in [2.45, 2.75) is 0 Å². The number of nitrogen functional groups attached to an aromatic ring is 1. The molecule has 0 saturated heterocycles. The number of anilines is 2. The number of nitrogens with zero attached hydrogens (tertiary/aromatic N) is 3. The molecule has 0 aromatic carbocycles. The third-order valence-electron chi connectivity index (χ3n) is 1.36. The normalized spacial score (nSPS) is 10.0. The van der Waals surface area contributed by atoms with Crippen LogP contribution in [0.4, 0.5) is 11.7 Å². The topological polar surface area (TPSA) is 107 Å². The molecule has 2 aromatic rings. The molecule has 0 aliphatic rings. The minimum absolute atomic E-state index is 0.0894. The van der Waals surface area contributed by atoms with Crippen molar-refractivity contribution in [2.24, 2.45) is 0 Å². The van der Waals surface area contributed by atoms with Gasteiger partial charge < -0.3 is 15.6 Å². The summed E-state index contributed by atoms with van der Waals surface area (Å²) in [5.41, 5.74) is 5.36. The van der Waals surface area contributed by atoms with E-state index in [-0.39, 0.29) is 11.6 Å². The van der Waals surface area contributed by atoms with E-state index >= 15 is 0 Å². The van der Waals surface area contributed by atoms with Crippen molar-refractivity contribution < 1.29 is 9.32 Å². The predicted octanol–water partition coefficient (Wildman–Crippen LogP) is 0.361. The second kappa shape index (κ2) is 3.42. The van der Waals surface area contributed by atoms with Crippen molar-refractivity contribution in [3.8, 4) is 0 Å². The number of amides is 1. The van der Waals surface area contributed by atoms with E-state index < -0.39 is 5.91 Å². The zero-order valence-electron chi connectivity index (χ0n) is 6.80. The number of carbonyl (C=O) groups excluding carboxylic acids is 1. The summed E-state index contributed by atoms with van der Waals surface area (Å²) < 4.78 is 8.12. The van der Waals surface area contributed by atoms with E-state index in [0.717, 1.165) is 11.5 Å². The molecule has 0 aliphatic carbocycles. The maximum Gasteiger partial charge on any atom is 0.279 e. The first-order chi connectivity index (χ1) is 6.75. The number of hydrogen-bond donors (Lipinski definition) is 2. The monoisotopic (exact) mass is 211 g/mol. The zero-order valence-corrected chi connectivity index (χ0v) is 7.61. The number of nitrogens with one attached hydrogen (secondary N) is 1. The molecule has 8 heteroatoms. The number of hydrogen-bond acceptors (Lipinski definition) is 7. The average molecular weight is 211 g/mol. The Morgan fingerprint density at radius 3 is 3.07 bits per heavy atom. The average Bonchev–Trinajstić information content (AvgIpc) is 2.75. The zero-order chi connectivity index (χ0) is 9.97. The third kappa shape index (κ3) is 1.69. The van der Waals surface area contributed by atoms with Crippen molar-refractivity contribution in [1.29, 1.82) is 0 Å². The SMILES string of the molecule is Nc1cc(C(=O)Nc2csnn2)no1. The van der Waals surface area contributed by atoms with Gasteiger partial charge in [0.1, 0.15) is 0 Å². The Kier molecular flexibility index (Phi) is 2.11. The van der Waals surface area contributed by atoms with Gasteiger partial charge in [-0.1, -0.05) is 9.64 Å². The van der Waals surface area contributed by atoms with Gasteiger partial charge in [0.2, 0.25) is 5.88 Å². The molecule has 1 amide bonds. The molecular weight excluding hydrogens is 206 g/mol. The summed E-state index contributed by atoms with van der Waals surface area (Å²) in [6, 6.07) is 1.33. The summed E-state index contributed by atoms with van der Waals surface area (Å²) in [4.78, 5) is 11.4. The molecule has 14 heavy (non-hydrogen) atoms. The molecule has 2 rings (SSSR count). The fourth-order valence-corrected chi connectivity index (χ4v) is 1.18. The molecule has 0 aliphatic heterocycles. The largest absolute Gasteiger partial charge is 0.368 e. The molecular formula is C6H5N5O2S. The highest BCUT2D eigenvalue weighted by Crippen LogP contribution is 2.08. The van der Waals surface area contributed by atoms with Gasteiger partial charge in [0.05, 0.1) is 5.38 Å². The fourth-order valence-electron chi connectivity index (χ4n) is 0.796. The van der Waals surface area contributed by atoms with E-state index in [9.17, 15) is 4.79 Å². The van der Waals surface area contributed by atoms with E-state index in [1.54, 1.807) is 5.38 Å². The fraction of sp³-hybridized carbons (Fsp3) is 0. The molecule has 0 fully saturated rings. The number of aromatic nitrogens is 3. The van der Waals surface area contributed by atoms with Crippen molar-refractivity contribution in [2.75, 3.05) is 11.1 Å². The predicted molar refractivity (Wildman–Crippen MR) is 48.8 cm³/mol. The molecule has 2 aromatic heterocycles. The van der Waals surface area contributed by atoms with Crippen molar-refractivity contribution in [3.05, 3.63) is 17.1 Å². The lowest BCUT2D eigenvalue weighted by Gasteiger charge is -1.94. The van der Waals surface area contributed by atoms with Gasteiger partial charge in [0.15, 0.2) is 11.5 Å². The van der Waals surface area contributed by atoms with Gasteiger partial charge in [0.25, 0.3) is 5.91 Å². The van der Waals surface area contributed by atoms with Crippen LogP contribution in [-0.2, 0) is 0 Å². The van der Waals surface area contributed by atoms with Crippen LogP contribution >= 0.6 is 11.5 Å². The molecule has 3 N–H and O–H groups in total. The summed E-state index contributed by atoms with van der Waals surface area (Å²) in [5.74, 6) is 0.0336. The van der Waals surface area contributed by atoms with Crippen LogP contribution in [0.3, 0.4) is 0 Å². The smallest absolute Gasteiger partial charge is 0.279 e. The summed E-state index contributed by atoms with van der Waals surface area (Å²) in [6.07, 6.45) is 0. The lowest BCUT2D eigenvalue weighted by Crippen LogP contribution is -2.12. The van der Waals surface area contributed by atoms with Gasteiger partial charge in [-0.2, -0.15) is 0 Å². The molecule has 0 atom stereocenters. The van der Waals surface area contributed by atoms with Crippen LogP contribution < -0.4 is 11.1 Å². The number of rotatable bonds is 2. The van der Waals surface area contributed by atoms with Crippen molar-refractivity contribution >= 4 is 29.1 Å². The molecule has 0 saturated carbocycles. The Labute approximate surface area is 82.1 Å². The van der Waals surface area contributed by atoms with E-state index in [0.29, 0.717) is 5.82 Å².